The average Bonchev–Trinajstić information content (AvgIpc) is 3.07. The topological polar surface area (TPSA) is 167 Å². The van der Waals surface area contributed by atoms with Crippen LogP contribution in [0.5, 0.6) is 23.0 Å². The van der Waals surface area contributed by atoms with Crippen LogP contribution in [0.2, 0.25) is 0 Å². The molecule has 4 aromatic carbocycles. The molecule has 0 radical (unpaired) electrons. The lowest BCUT2D eigenvalue weighted by Crippen LogP contribution is -2.01. The second-order valence-electron chi connectivity index (χ2n) is 12.1. The van der Waals surface area contributed by atoms with Gasteiger partial charge in [-0.2, -0.15) is 0 Å². The molecule has 260 valence electrons. The second kappa shape index (κ2) is 16.4. The molecule has 0 fully saturated rings. The zero-order valence-electron chi connectivity index (χ0n) is 28.4. The van der Waals surface area contributed by atoms with Gasteiger partial charge in [0, 0.05) is 35.1 Å². The number of hydrogen-bond donors (Lipinski definition) is 4. The molecule has 1 aliphatic heterocycles. The monoisotopic (exact) mass is 680 g/mol. The highest BCUT2D eigenvalue weighted by Gasteiger charge is 2.15. The smallest absolute Gasteiger partial charge is 0.153 e. The van der Waals surface area contributed by atoms with Crippen LogP contribution >= 0.6 is 0 Å². The van der Waals surface area contributed by atoms with Crippen LogP contribution < -0.4 is 0 Å². The molecule has 0 aromatic heterocycles. The normalized spacial score (nSPS) is 16.7. The molecule has 0 saturated carbocycles. The molecule has 0 unspecified atom stereocenters. The molecule has 0 spiro atoms. The lowest BCUT2D eigenvalue weighted by atomic mass is 9.96. The standard InChI is InChI=1S/C38H40N4O8/c1-23-9-27-17-28-10-24(2)14-32(36(28)44)20-40-49-7-8-50-42-22-34-16-26(4)12-30(38(34)46)18-29-11-25(3)15-33(37(29)45)21-41-48-6-5-47-39-19-31(13-23)35(27)43/h9-16,19-22,43-46H,5-8,17-18H2,1-4H3/b39-19+,40-20+,41-21+,42-22+. The zero-order valence-corrected chi connectivity index (χ0v) is 28.4. The molecule has 50 heavy (non-hydrogen) atoms. The molecular formula is C38H40N4O8. The first-order valence-corrected chi connectivity index (χ1v) is 16.0. The first kappa shape index (κ1) is 35.3. The number of oxime groups is 4. The molecule has 12 nitrogen and oxygen atoms in total. The third-order valence-electron chi connectivity index (χ3n) is 7.81. The van der Waals surface area contributed by atoms with Crippen LogP contribution in [0.1, 0.15) is 66.8 Å². The van der Waals surface area contributed by atoms with Gasteiger partial charge >= 0.3 is 0 Å². The van der Waals surface area contributed by atoms with Crippen LogP contribution in [-0.2, 0) is 32.2 Å². The number of hydrogen-bond acceptors (Lipinski definition) is 12. The Labute approximate surface area is 290 Å². The van der Waals surface area contributed by atoms with E-state index in [1.165, 1.54) is 24.9 Å². The minimum Gasteiger partial charge on any atom is -0.507 e. The van der Waals surface area contributed by atoms with Gasteiger partial charge in [0.2, 0.25) is 0 Å². The third-order valence-corrected chi connectivity index (χ3v) is 7.81. The summed E-state index contributed by atoms with van der Waals surface area (Å²) in [6.07, 6.45) is 6.15. The summed E-state index contributed by atoms with van der Waals surface area (Å²) in [5.41, 5.74) is 7.75. The van der Waals surface area contributed by atoms with Crippen molar-refractivity contribution in [3.8, 4) is 23.0 Å². The summed E-state index contributed by atoms with van der Waals surface area (Å²) in [5.74, 6) is 0.0574. The van der Waals surface area contributed by atoms with Crippen molar-refractivity contribution in [3.05, 3.63) is 115 Å². The van der Waals surface area contributed by atoms with Crippen molar-refractivity contribution >= 4 is 24.9 Å². The van der Waals surface area contributed by atoms with E-state index in [-0.39, 0.29) is 62.3 Å². The maximum atomic E-state index is 11.0. The summed E-state index contributed by atoms with van der Waals surface area (Å²) in [5, 5.41) is 60.0. The maximum absolute atomic E-state index is 11.0. The van der Waals surface area contributed by atoms with Crippen molar-refractivity contribution in [1.29, 1.82) is 0 Å². The number of phenols is 4. The van der Waals surface area contributed by atoms with Crippen LogP contribution in [0.15, 0.2) is 69.2 Å². The zero-order chi connectivity index (χ0) is 35.6. The van der Waals surface area contributed by atoms with Gasteiger partial charge in [-0.3, -0.25) is 0 Å². The summed E-state index contributed by atoms with van der Waals surface area (Å²) in [6.45, 7) is 7.90. The van der Waals surface area contributed by atoms with Crippen LogP contribution in [0.4, 0.5) is 0 Å². The van der Waals surface area contributed by atoms with Crippen molar-refractivity contribution in [3.63, 3.8) is 0 Å². The summed E-state index contributed by atoms with van der Waals surface area (Å²) in [4.78, 5) is 21.3. The number of aromatic hydroxyl groups is 4. The Morgan fingerprint density at radius 2 is 0.600 bits per heavy atom. The number of phenolic OH excluding ortho intramolecular Hbond substituents is 4. The lowest BCUT2D eigenvalue weighted by molar-refractivity contribution is 0.0553. The molecule has 8 bridgehead atoms. The molecule has 4 N–H and O–H groups in total. The van der Waals surface area contributed by atoms with Gasteiger partial charge in [0.15, 0.2) is 26.4 Å². The molecule has 0 aliphatic carbocycles. The highest BCUT2D eigenvalue weighted by Crippen LogP contribution is 2.32. The molecule has 0 saturated heterocycles. The fraction of sp³-hybridized carbons (Fsp3) is 0.263. The predicted octanol–water partition coefficient (Wildman–Crippen LogP) is 6.04. The van der Waals surface area contributed by atoms with Gasteiger partial charge in [-0.25, -0.2) is 0 Å². The fourth-order valence-corrected chi connectivity index (χ4v) is 5.61. The van der Waals surface area contributed by atoms with Crippen LogP contribution in [0.25, 0.3) is 0 Å². The number of rotatable bonds is 0. The van der Waals surface area contributed by atoms with Gasteiger partial charge in [-0.05, 0) is 96.5 Å². The van der Waals surface area contributed by atoms with E-state index in [2.05, 4.69) is 20.6 Å². The quantitative estimate of drug-likeness (QED) is 0.174. The first-order valence-electron chi connectivity index (χ1n) is 16.0. The van der Waals surface area contributed by atoms with Gasteiger partial charge in [0.05, 0.1) is 24.9 Å². The number of aryl methyl sites for hydroxylation is 4. The molecule has 4 aromatic rings. The highest BCUT2D eigenvalue weighted by molar-refractivity contribution is 5.86. The Morgan fingerprint density at radius 3 is 0.820 bits per heavy atom. The number of benzene rings is 4. The largest absolute Gasteiger partial charge is 0.507 e. The Hall–Kier alpha value is -6.04. The minimum atomic E-state index is 0.0143. The molecule has 1 heterocycles. The SMILES string of the molecule is Cc1cc2c(O)c(c1)Cc1cc(C)cc(c1O)/C=N/OCCO/N=C/c1cc(C)cc(c1O)Cc1cc(C)cc(c1O)/C=N/OCCO/N=C/2. The Kier molecular flexibility index (Phi) is 11.6. The van der Waals surface area contributed by atoms with Crippen molar-refractivity contribution in [1.82, 2.24) is 0 Å². The van der Waals surface area contributed by atoms with E-state index >= 15 is 0 Å². The van der Waals surface area contributed by atoms with Gasteiger partial charge < -0.3 is 39.8 Å². The van der Waals surface area contributed by atoms with Gasteiger partial charge in [0.25, 0.3) is 0 Å². The lowest BCUT2D eigenvalue weighted by Gasteiger charge is -2.13. The van der Waals surface area contributed by atoms with E-state index in [0.29, 0.717) is 44.5 Å². The average molecular weight is 681 g/mol. The molecule has 5 rings (SSSR count). The van der Waals surface area contributed by atoms with E-state index in [9.17, 15) is 20.4 Å². The second-order valence-corrected chi connectivity index (χ2v) is 12.1. The summed E-state index contributed by atoms with van der Waals surface area (Å²) >= 11 is 0. The third kappa shape index (κ3) is 9.10. The number of fused-ring (bicyclic) bond motifs is 8. The predicted molar refractivity (Wildman–Crippen MR) is 191 cm³/mol. The van der Waals surface area contributed by atoms with Crippen LogP contribution in [0.3, 0.4) is 0 Å². The Balaban J connectivity index is 1.40. The van der Waals surface area contributed by atoms with E-state index in [0.717, 1.165) is 22.3 Å². The van der Waals surface area contributed by atoms with Gasteiger partial charge in [0.1, 0.15) is 23.0 Å². The Morgan fingerprint density at radius 1 is 0.380 bits per heavy atom. The summed E-state index contributed by atoms with van der Waals surface area (Å²) < 4.78 is 0. The van der Waals surface area contributed by atoms with Crippen molar-refractivity contribution < 1.29 is 39.8 Å². The fourth-order valence-electron chi connectivity index (χ4n) is 5.61. The molecule has 0 atom stereocenters. The molecule has 0 amide bonds. The van der Waals surface area contributed by atoms with E-state index in [4.69, 9.17) is 19.4 Å². The molecule has 1 aliphatic rings. The van der Waals surface area contributed by atoms with Gasteiger partial charge in [-0.1, -0.05) is 44.9 Å². The van der Waals surface area contributed by atoms with Crippen LogP contribution in [-0.4, -0.2) is 71.7 Å². The van der Waals surface area contributed by atoms with E-state index in [1.54, 1.807) is 24.3 Å². The molecule has 12 heteroatoms. The highest BCUT2D eigenvalue weighted by atomic mass is 16.7. The van der Waals surface area contributed by atoms with E-state index < -0.39 is 0 Å². The van der Waals surface area contributed by atoms with Crippen molar-refractivity contribution in [2.45, 2.75) is 40.5 Å². The van der Waals surface area contributed by atoms with E-state index in [1.807, 2.05) is 52.0 Å². The Bertz CT molecular complexity index is 1690. The molecular weight excluding hydrogens is 640 g/mol. The summed E-state index contributed by atoms with van der Waals surface area (Å²) in [7, 11) is 0. The maximum Gasteiger partial charge on any atom is 0.153 e. The minimum absolute atomic E-state index is 0.0143. The summed E-state index contributed by atoms with van der Waals surface area (Å²) in [6, 6.07) is 14.5. The van der Waals surface area contributed by atoms with Crippen LogP contribution in [0, 0.1) is 27.7 Å². The van der Waals surface area contributed by atoms with Crippen molar-refractivity contribution in [2.24, 2.45) is 20.6 Å². The van der Waals surface area contributed by atoms with Crippen molar-refractivity contribution in [2.75, 3.05) is 26.4 Å². The first-order chi connectivity index (χ1) is 24.1. The number of nitrogens with zero attached hydrogens (tertiary/aromatic N) is 4. The van der Waals surface area contributed by atoms with Gasteiger partial charge in [-0.15, -0.1) is 0 Å².